The van der Waals surface area contributed by atoms with Crippen molar-refractivity contribution in [3.8, 4) is 0 Å². The van der Waals surface area contributed by atoms with Crippen molar-refractivity contribution >= 4 is 27.5 Å². The fourth-order valence-corrected chi connectivity index (χ4v) is 2.36. The molecule has 0 spiro atoms. The first-order valence-electron chi connectivity index (χ1n) is 6.61. The number of hydrogen-bond acceptors (Lipinski definition) is 3. The average Bonchev–Trinajstić information content (AvgIpc) is 2.41. The molecule has 2 rings (SSSR count). The van der Waals surface area contributed by atoms with Crippen LogP contribution in [0.3, 0.4) is 0 Å². The average molecular weight is 326 g/mol. The summed E-state index contributed by atoms with van der Waals surface area (Å²) in [5, 5.41) is 3.27. The van der Waals surface area contributed by atoms with Crippen molar-refractivity contribution in [1.82, 2.24) is 9.80 Å². The van der Waals surface area contributed by atoms with E-state index in [-0.39, 0.29) is 5.91 Å². The molecule has 0 unspecified atom stereocenters. The molecule has 0 aliphatic carbocycles. The van der Waals surface area contributed by atoms with E-state index in [0.717, 1.165) is 36.3 Å². The van der Waals surface area contributed by atoms with E-state index in [1.54, 1.807) is 0 Å². The molecule has 0 saturated carbocycles. The molecular weight excluding hydrogens is 306 g/mol. The lowest BCUT2D eigenvalue weighted by Gasteiger charge is -2.32. The van der Waals surface area contributed by atoms with Gasteiger partial charge in [0.1, 0.15) is 0 Å². The number of anilines is 1. The molecule has 0 atom stereocenters. The number of carbonyl (C=O) groups excluding carboxylic acids is 1. The second-order valence-corrected chi connectivity index (χ2v) is 5.78. The van der Waals surface area contributed by atoms with E-state index in [4.69, 9.17) is 0 Å². The molecule has 0 aromatic heterocycles. The molecule has 1 aromatic rings. The van der Waals surface area contributed by atoms with Gasteiger partial charge >= 0.3 is 0 Å². The van der Waals surface area contributed by atoms with Crippen LogP contribution in [-0.2, 0) is 4.79 Å². The van der Waals surface area contributed by atoms with Gasteiger partial charge in [-0.3, -0.25) is 4.79 Å². The number of nitrogens with zero attached hydrogens (tertiary/aromatic N) is 2. The van der Waals surface area contributed by atoms with Gasteiger partial charge in [-0.1, -0.05) is 15.9 Å². The van der Waals surface area contributed by atoms with Gasteiger partial charge in [0.2, 0.25) is 5.91 Å². The van der Waals surface area contributed by atoms with Gasteiger partial charge < -0.3 is 15.1 Å². The first-order chi connectivity index (χ1) is 9.15. The predicted octanol–water partition coefficient (Wildman–Crippen LogP) is 2.03. The Balaban J connectivity index is 1.70. The Labute approximate surface area is 122 Å². The van der Waals surface area contributed by atoms with Crippen molar-refractivity contribution in [3.05, 3.63) is 28.7 Å². The van der Waals surface area contributed by atoms with Crippen LogP contribution in [0.2, 0.25) is 0 Å². The summed E-state index contributed by atoms with van der Waals surface area (Å²) < 4.78 is 1.06. The van der Waals surface area contributed by atoms with E-state index < -0.39 is 0 Å². The number of halogens is 1. The number of carbonyl (C=O) groups is 1. The van der Waals surface area contributed by atoms with Gasteiger partial charge in [0.25, 0.3) is 0 Å². The van der Waals surface area contributed by atoms with Crippen LogP contribution in [0.4, 0.5) is 5.69 Å². The molecule has 1 aliphatic heterocycles. The van der Waals surface area contributed by atoms with Crippen molar-refractivity contribution in [1.29, 1.82) is 0 Å². The van der Waals surface area contributed by atoms with Gasteiger partial charge in [-0.05, 0) is 31.3 Å². The molecule has 0 bridgehead atoms. The summed E-state index contributed by atoms with van der Waals surface area (Å²) in [6, 6.07) is 7.99. The van der Waals surface area contributed by atoms with Crippen LogP contribution >= 0.6 is 15.9 Å². The third-order valence-electron chi connectivity index (χ3n) is 3.37. The van der Waals surface area contributed by atoms with Crippen LogP contribution in [0.5, 0.6) is 0 Å². The predicted molar refractivity (Wildman–Crippen MR) is 81.3 cm³/mol. The highest BCUT2D eigenvalue weighted by molar-refractivity contribution is 9.10. The van der Waals surface area contributed by atoms with Gasteiger partial charge in [0.15, 0.2) is 0 Å². The summed E-state index contributed by atoms with van der Waals surface area (Å²) in [7, 11) is 2.09. The van der Waals surface area contributed by atoms with Crippen molar-refractivity contribution in [3.63, 3.8) is 0 Å². The summed E-state index contributed by atoms with van der Waals surface area (Å²) in [4.78, 5) is 16.2. The molecule has 1 N–H and O–H groups in total. The molecule has 1 aliphatic rings. The third kappa shape index (κ3) is 4.51. The van der Waals surface area contributed by atoms with Crippen LogP contribution in [0.1, 0.15) is 6.42 Å². The van der Waals surface area contributed by atoms with Crippen molar-refractivity contribution in [2.45, 2.75) is 6.42 Å². The molecule has 1 aromatic carbocycles. The zero-order valence-electron chi connectivity index (χ0n) is 11.2. The highest BCUT2D eigenvalue weighted by atomic mass is 79.9. The number of piperazine rings is 1. The molecule has 1 fully saturated rings. The summed E-state index contributed by atoms with van der Waals surface area (Å²) in [5.74, 6) is 0.248. The van der Waals surface area contributed by atoms with E-state index in [0.29, 0.717) is 13.0 Å². The van der Waals surface area contributed by atoms with Gasteiger partial charge in [-0.15, -0.1) is 0 Å². The Morgan fingerprint density at radius 2 is 1.84 bits per heavy atom. The number of nitrogens with one attached hydrogen (secondary N) is 1. The fourth-order valence-electron chi connectivity index (χ4n) is 2.10. The van der Waals surface area contributed by atoms with E-state index in [1.807, 2.05) is 29.2 Å². The molecule has 5 heteroatoms. The van der Waals surface area contributed by atoms with Gasteiger partial charge in [0, 0.05) is 49.3 Å². The van der Waals surface area contributed by atoms with Crippen LogP contribution in [0, 0.1) is 0 Å². The topological polar surface area (TPSA) is 35.6 Å². The van der Waals surface area contributed by atoms with Crippen molar-refractivity contribution < 1.29 is 4.79 Å². The first-order valence-corrected chi connectivity index (χ1v) is 7.40. The van der Waals surface area contributed by atoms with E-state index in [9.17, 15) is 4.79 Å². The number of benzene rings is 1. The normalized spacial score (nSPS) is 16.4. The number of rotatable bonds is 4. The Hall–Kier alpha value is -1.07. The van der Waals surface area contributed by atoms with E-state index in [2.05, 4.69) is 33.2 Å². The Morgan fingerprint density at radius 1 is 1.21 bits per heavy atom. The minimum absolute atomic E-state index is 0.248. The standard InChI is InChI=1S/C14H20BrN3O/c1-17-8-10-18(11-9-17)14(19)6-7-16-13-4-2-12(15)3-5-13/h2-5,16H,6-11H2,1H3. The Kier molecular flexibility index (Phi) is 5.22. The molecule has 1 heterocycles. The van der Waals surface area contributed by atoms with Crippen molar-refractivity contribution in [2.75, 3.05) is 45.1 Å². The summed E-state index contributed by atoms with van der Waals surface area (Å²) >= 11 is 3.40. The van der Waals surface area contributed by atoms with Crippen LogP contribution in [0.25, 0.3) is 0 Å². The van der Waals surface area contributed by atoms with Crippen molar-refractivity contribution in [2.24, 2.45) is 0 Å². The third-order valence-corrected chi connectivity index (χ3v) is 3.90. The summed E-state index contributed by atoms with van der Waals surface area (Å²) in [5.41, 5.74) is 1.05. The van der Waals surface area contributed by atoms with E-state index in [1.165, 1.54) is 0 Å². The molecule has 104 valence electrons. The number of likely N-dealkylation sites (N-methyl/N-ethyl adjacent to an activating group) is 1. The van der Waals surface area contributed by atoms with E-state index >= 15 is 0 Å². The highest BCUT2D eigenvalue weighted by Gasteiger charge is 2.18. The Morgan fingerprint density at radius 3 is 2.47 bits per heavy atom. The maximum atomic E-state index is 12.0. The molecule has 1 amide bonds. The number of amides is 1. The second-order valence-electron chi connectivity index (χ2n) is 4.87. The smallest absolute Gasteiger partial charge is 0.224 e. The SMILES string of the molecule is CN1CCN(C(=O)CCNc2ccc(Br)cc2)CC1. The van der Waals surface area contributed by atoms with Gasteiger partial charge in [-0.25, -0.2) is 0 Å². The quantitative estimate of drug-likeness (QED) is 0.920. The largest absolute Gasteiger partial charge is 0.385 e. The summed E-state index contributed by atoms with van der Waals surface area (Å²) in [6.45, 7) is 4.35. The zero-order chi connectivity index (χ0) is 13.7. The van der Waals surface area contributed by atoms with Crippen LogP contribution in [-0.4, -0.2) is 55.5 Å². The zero-order valence-corrected chi connectivity index (χ0v) is 12.8. The summed E-state index contributed by atoms with van der Waals surface area (Å²) in [6.07, 6.45) is 0.555. The maximum absolute atomic E-state index is 12.0. The lowest BCUT2D eigenvalue weighted by Crippen LogP contribution is -2.47. The Bertz CT molecular complexity index is 413. The second kappa shape index (κ2) is 6.91. The lowest BCUT2D eigenvalue weighted by molar-refractivity contribution is -0.132. The minimum atomic E-state index is 0.248. The highest BCUT2D eigenvalue weighted by Crippen LogP contribution is 2.14. The molecule has 1 saturated heterocycles. The molecular formula is C14H20BrN3O. The monoisotopic (exact) mass is 325 g/mol. The molecule has 0 radical (unpaired) electrons. The van der Waals surface area contributed by atoms with Crippen LogP contribution in [0.15, 0.2) is 28.7 Å². The molecule has 4 nitrogen and oxygen atoms in total. The van der Waals surface area contributed by atoms with Gasteiger partial charge in [-0.2, -0.15) is 0 Å². The van der Waals surface area contributed by atoms with Crippen LogP contribution < -0.4 is 5.32 Å². The van der Waals surface area contributed by atoms with Gasteiger partial charge in [0.05, 0.1) is 0 Å². The first kappa shape index (κ1) is 14.3. The lowest BCUT2D eigenvalue weighted by atomic mass is 10.2. The number of hydrogen-bond donors (Lipinski definition) is 1. The maximum Gasteiger partial charge on any atom is 0.224 e. The fraction of sp³-hybridized carbons (Fsp3) is 0.500. The molecule has 19 heavy (non-hydrogen) atoms. The minimum Gasteiger partial charge on any atom is -0.385 e.